The van der Waals surface area contributed by atoms with Crippen molar-refractivity contribution in [1.82, 2.24) is 24.8 Å². The summed E-state index contributed by atoms with van der Waals surface area (Å²) < 4.78 is 0. The number of aliphatic hydroxyl groups is 1. The summed E-state index contributed by atoms with van der Waals surface area (Å²) in [5, 5.41) is 14.4. The van der Waals surface area contributed by atoms with E-state index in [1.807, 2.05) is 30.7 Å². The Morgan fingerprint density at radius 3 is 2.62 bits per heavy atom. The number of aliphatic hydroxyl groups excluding tert-OH is 1. The zero-order valence-corrected chi connectivity index (χ0v) is 23.0. The van der Waals surface area contributed by atoms with Gasteiger partial charge in [0.2, 0.25) is 0 Å². The summed E-state index contributed by atoms with van der Waals surface area (Å²) >= 11 is 0. The predicted octanol–water partition coefficient (Wildman–Crippen LogP) is 4.28. The van der Waals surface area contributed by atoms with Gasteiger partial charge in [0.05, 0.1) is 11.7 Å². The lowest BCUT2D eigenvalue weighted by molar-refractivity contribution is 0.238. The van der Waals surface area contributed by atoms with Gasteiger partial charge in [0.1, 0.15) is 11.6 Å². The molecule has 0 unspecified atom stereocenters. The van der Waals surface area contributed by atoms with Gasteiger partial charge in [-0.15, -0.1) is 0 Å². The fourth-order valence-corrected chi connectivity index (χ4v) is 5.96. The molecule has 7 rings (SSSR count). The van der Waals surface area contributed by atoms with Crippen molar-refractivity contribution in [2.45, 2.75) is 25.2 Å². The molecule has 2 aliphatic heterocycles. The molecule has 2 saturated heterocycles. The lowest BCUT2D eigenvalue weighted by Gasteiger charge is -2.34. The van der Waals surface area contributed by atoms with Crippen molar-refractivity contribution < 1.29 is 5.11 Å². The van der Waals surface area contributed by atoms with Crippen molar-refractivity contribution in [2.24, 2.45) is 5.92 Å². The fraction of sp³-hybridized carbons (Fsp3) is 0.419. The SMILES string of the molecule is CN1CCN(c2cccc(Nc3cc(-c4nc(N5CC[C@H](CO)C5)c5c(C6CC6)cncc5n4)ccn3)c2)CC1. The lowest BCUT2D eigenvalue weighted by atomic mass is 10.1. The van der Waals surface area contributed by atoms with Crippen LogP contribution < -0.4 is 15.1 Å². The smallest absolute Gasteiger partial charge is 0.162 e. The van der Waals surface area contributed by atoms with Crippen LogP contribution in [0.5, 0.6) is 0 Å². The zero-order chi connectivity index (χ0) is 27.1. The molecule has 0 bridgehead atoms. The molecular weight excluding hydrogens is 500 g/mol. The zero-order valence-electron chi connectivity index (χ0n) is 23.0. The quantitative estimate of drug-likeness (QED) is 0.359. The number of piperazine rings is 1. The Bertz CT molecular complexity index is 1510. The number of likely N-dealkylation sites (N-methyl/N-ethyl adjacent to an activating group) is 1. The Balaban J connectivity index is 1.21. The summed E-state index contributed by atoms with van der Waals surface area (Å²) in [6.45, 7) is 6.11. The maximum absolute atomic E-state index is 9.79. The van der Waals surface area contributed by atoms with Gasteiger partial charge in [-0.1, -0.05) is 6.07 Å². The highest BCUT2D eigenvalue weighted by atomic mass is 16.3. The molecule has 0 radical (unpaired) electrons. The first-order valence-corrected chi connectivity index (χ1v) is 14.4. The number of hydrogen-bond donors (Lipinski definition) is 2. The van der Waals surface area contributed by atoms with E-state index in [9.17, 15) is 5.11 Å². The average Bonchev–Trinajstić information content (AvgIpc) is 3.73. The molecule has 3 aromatic heterocycles. The molecule has 0 spiro atoms. The molecule has 2 N–H and O–H groups in total. The van der Waals surface area contributed by atoms with Crippen LogP contribution in [0.25, 0.3) is 22.3 Å². The van der Waals surface area contributed by atoms with Crippen molar-refractivity contribution in [3.8, 4) is 11.4 Å². The first-order valence-electron chi connectivity index (χ1n) is 14.4. The van der Waals surface area contributed by atoms with Crippen LogP contribution >= 0.6 is 0 Å². The minimum Gasteiger partial charge on any atom is -0.396 e. The molecule has 1 atom stereocenters. The molecular formula is C31H36N8O. The average molecular weight is 537 g/mol. The van der Waals surface area contributed by atoms with Crippen LogP contribution in [0.15, 0.2) is 55.0 Å². The van der Waals surface area contributed by atoms with Gasteiger partial charge in [-0.3, -0.25) is 4.98 Å². The van der Waals surface area contributed by atoms with E-state index in [-0.39, 0.29) is 12.5 Å². The molecule has 40 heavy (non-hydrogen) atoms. The largest absolute Gasteiger partial charge is 0.396 e. The number of benzene rings is 1. The summed E-state index contributed by atoms with van der Waals surface area (Å²) in [5.74, 6) is 3.20. The Kier molecular flexibility index (Phi) is 6.69. The normalized spacial score (nSPS) is 19.9. The van der Waals surface area contributed by atoms with E-state index in [0.717, 1.165) is 79.5 Å². The third-order valence-electron chi connectivity index (χ3n) is 8.48. The van der Waals surface area contributed by atoms with Gasteiger partial charge in [0, 0.05) is 86.5 Å². The highest BCUT2D eigenvalue weighted by Crippen LogP contribution is 2.45. The molecule has 0 amide bonds. The maximum atomic E-state index is 9.79. The first kappa shape index (κ1) is 25.2. The number of pyridine rings is 2. The topological polar surface area (TPSA) is 93.5 Å². The van der Waals surface area contributed by atoms with Gasteiger partial charge in [0.25, 0.3) is 0 Å². The van der Waals surface area contributed by atoms with Crippen LogP contribution in [0.4, 0.5) is 23.0 Å². The van der Waals surface area contributed by atoms with Gasteiger partial charge in [-0.25, -0.2) is 15.0 Å². The highest BCUT2D eigenvalue weighted by Gasteiger charge is 2.31. The molecule has 4 aromatic rings. The van der Waals surface area contributed by atoms with Gasteiger partial charge >= 0.3 is 0 Å². The van der Waals surface area contributed by atoms with Crippen LogP contribution in [0.2, 0.25) is 0 Å². The molecule has 3 aliphatic rings. The number of aromatic nitrogens is 4. The number of rotatable bonds is 7. The van der Waals surface area contributed by atoms with Crippen LogP contribution in [-0.4, -0.2) is 82.9 Å². The Labute approximate surface area is 234 Å². The number of hydrogen-bond acceptors (Lipinski definition) is 9. The molecule has 9 nitrogen and oxygen atoms in total. The molecule has 206 valence electrons. The second kappa shape index (κ2) is 10.6. The van der Waals surface area contributed by atoms with E-state index in [4.69, 9.17) is 9.97 Å². The summed E-state index contributed by atoms with van der Waals surface area (Å²) in [6.07, 6.45) is 9.02. The molecule has 1 aliphatic carbocycles. The Morgan fingerprint density at radius 2 is 1.82 bits per heavy atom. The highest BCUT2D eigenvalue weighted by molar-refractivity contribution is 5.94. The summed E-state index contributed by atoms with van der Waals surface area (Å²) in [5.41, 5.74) is 5.27. The minimum atomic E-state index is 0.207. The van der Waals surface area contributed by atoms with Crippen molar-refractivity contribution >= 4 is 33.9 Å². The van der Waals surface area contributed by atoms with Gasteiger partial charge in [0.15, 0.2) is 5.82 Å². The molecule has 3 fully saturated rings. The van der Waals surface area contributed by atoms with E-state index in [1.165, 1.54) is 24.1 Å². The van der Waals surface area contributed by atoms with E-state index in [0.29, 0.717) is 11.7 Å². The van der Waals surface area contributed by atoms with E-state index < -0.39 is 0 Å². The summed E-state index contributed by atoms with van der Waals surface area (Å²) in [7, 11) is 2.18. The van der Waals surface area contributed by atoms with Crippen LogP contribution in [0.3, 0.4) is 0 Å². The number of fused-ring (bicyclic) bond motifs is 1. The summed E-state index contributed by atoms with van der Waals surface area (Å²) in [4.78, 5) is 26.4. The van der Waals surface area contributed by atoms with Crippen LogP contribution in [0, 0.1) is 5.92 Å². The fourth-order valence-electron chi connectivity index (χ4n) is 5.96. The van der Waals surface area contributed by atoms with Gasteiger partial charge in [-0.2, -0.15) is 0 Å². The molecule has 9 heteroatoms. The van der Waals surface area contributed by atoms with Gasteiger partial charge < -0.3 is 25.1 Å². The first-order chi connectivity index (χ1) is 19.6. The third-order valence-corrected chi connectivity index (χ3v) is 8.48. The minimum absolute atomic E-state index is 0.207. The van der Waals surface area contributed by atoms with Crippen molar-refractivity contribution in [3.05, 3.63) is 60.6 Å². The number of nitrogens with one attached hydrogen (secondary N) is 1. The number of nitrogens with zero attached hydrogens (tertiary/aromatic N) is 7. The monoisotopic (exact) mass is 536 g/mol. The maximum Gasteiger partial charge on any atom is 0.162 e. The standard InChI is InChI=1S/C31H36N8O/c1-37-11-13-38(14-12-37)25-4-2-3-24(16-25)34-28-15-23(7-9-33-28)30-35-27-18-32-17-26(22-5-6-22)29(27)31(36-30)39-10-8-21(19-39)20-40/h2-4,7,9,15-18,21-22,40H,5-6,8,10-14,19-20H2,1H3,(H,33,34)/t21-/m0/s1. The Morgan fingerprint density at radius 1 is 0.950 bits per heavy atom. The third kappa shape index (κ3) is 5.07. The van der Waals surface area contributed by atoms with Crippen molar-refractivity contribution in [1.29, 1.82) is 0 Å². The Hall–Kier alpha value is -3.82. The molecule has 1 saturated carbocycles. The lowest BCUT2D eigenvalue weighted by Crippen LogP contribution is -2.44. The van der Waals surface area contributed by atoms with E-state index >= 15 is 0 Å². The predicted molar refractivity (Wildman–Crippen MR) is 159 cm³/mol. The van der Waals surface area contributed by atoms with Crippen LogP contribution in [-0.2, 0) is 0 Å². The van der Waals surface area contributed by atoms with Crippen molar-refractivity contribution in [3.63, 3.8) is 0 Å². The van der Waals surface area contributed by atoms with Gasteiger partial charge in [-0.05, 0) is 68.1 Å². The molecule has 1 aromatic carbocycles. The van der Waals surface area contributed by atoms with E-state index in [2.05, 4.69) is 61.3 Å². The summed E-state index contributed by atoms with van der Waals surface area (Å²) in [6, 6.07) is 12.5. The van der Waals surface area contributed by atoms with Crippen LogP contribution in [0.1, 0.15) is 30.7 Å². The van der Waals surface area contributed by atoms with E-state index in [1.54, 1.807) is 0 Å². The van der Waals surface area contributed by atoms with Crippen molar-refractivity contribution in [2.75, 3.05) is 68.0 Å². The number of anilines is 4. The molecule has 5 heterocycles. The second-order valence-electron chi connectivity index (χ2n) is 11.4. The second-order valence-corrected chi connectivity index (χ2v) is 11.4.